The van der Waals surface area contributed by atoms with Crippen molar-refractivity contribution in [3.05, 3.63) is 23.8 Å². The lowest BCUT2D eigenvalue weighted by atomic mass is 10.1. The van der Waals surface area contributed by atoms with E-state index >= 15 is 0 Å². The van der Waals surface area contributed by atoms with Gasteiger partial charge in [-0.05, 0) is 31.7 Å². The van der Waals surface area contributed by atoms with Gasteiger partial charge in [0.1, 0.15) is 12.6 Å². The van der Waals surface area contributed by atoms with Gasteiger partial charge in [0.2, 0.25) is 0 Å². The molecule has 0 bridgehead atoms. The van der Waals surface area contributed by atoms with Gasteiger partial charge in [-0.3, -0.25) is 4.79 Å². The molecule has 0 aliphatic heterocycles. The van der Waals surface area contributed by atoms with Gasteiger partial charge in [0.25, 0.3) is 0 Å². The van der Waals surface area contributed by atoms with Crippen LogP contribution in [0.15, 0.2) is 23.1 Å². The van der Waals surface area contributed by atoms with Crippen LogP contribution in [0.4, 0.5) is 5.69 Å². The van der Waals surface area contributed by atoms with Gasteiger partial charge in [-0.1, -0.05) is 13.0 Å². The number of nitriles is 1. The number of ether oxygens (including phenoxy) is 1. The highest BCUT2D eigenvalue weighted by molar-refractivity contribution is 7.99. The Bertz CT molecular complexity index is 509. The average Bonchev–Trinajstić information content (AvgIpc) is 2.44. The van der Waals surface area contributed by atoms with E-state index in [2.05, 4.69) is 6.07 Å². The first-order valence-electron chi connectivity index (χ1n) is 6.54. The molecule has 0 saturated heterocycles. The van der Waals surface area contributed by atoms with Crippen molar-refractivity contribution < 1.29 is 9.53 Å². The van der Waals surface area contributed by atoms with Gasteiger partial charge in [0.15, 0.2) is 0 Å². The van der Waals surface area contributed by atoms with Crippen molar-refractivity contribution in [1.82, 2.24) is 0 Å². The molecule has 0 amide bonds. The summed E-state index contributed by atoms with van der Waals surface area (Å²) in [4.78, 5) is 14.4. The molecule has 0 saturated carbocycles. The van der Waals surface area contributed by atoms with Crippen LogP contribution in [0.25, 0.3) is 0 Å². The minimum atomic E-state index is -0.309. The lowest BCUT2D eigenvalue weighted by Crippen LogP contribution is -2.36. The molecule has 1 aromatic carbocycles. The Morgan fingerprint density at radius 2 is 2.20 bits per heavy atom. The average molecular weight is 292 g/mol. The molecule has 4 nitrogen and oxygen atoms in total. The normalized spacial score (nSPS) is 10.2. The van der Waals surface area contributed by atoms with Crippen molar-refractivity contribution in [3.63, 3.8) is 0 Å². The Hall–Kier alpha value is -1.67. The number of anilines is 1. The van der Waals surface area contributed by atoms with Gasteiger partial charge in [-0.15, -0.1) is 11.8 Å². The number of hydrogen-bond donors (Lipinski definition) is 0. The van der Waals surface area contributed by atoms with Gasteiger partial charge >= 0.3 is 5.97 Å². The Kier molecular flexibility index (Phi) is 6.40. The number of carbonyl (C=O) groups excluding carboxylic acids is 1. The lowest BCUT2D eigenvalue weighted by molar-refractivity contribution is -0.139. The second-order valence-corrected chi connectivity index (χ2v) is 5.80. The summed E-state index contributed by atoms with van der Waals surface area (Å²) in [6.07, 6.45) is 0. The maximum Gasteiger partial charge on any atom is 0.325 e. The summed E-state index contributed by atoms with van der Waals surface area (Å²) in [5, 5.41) is 9.44. The summed E-state index contributed by atoms with van der Waals surface area (Å²) in [7, 11) is 1.37. The van der Waals surface area contributed by atoms with E-state index in [0.717, 1.165) is 16.3 Å². The van der Waals surface area contributed by atoms with Crippen LogP contribution in [0.5, 0.6) is 0 Å². The number of carbonyl (C=O) groups is 1. The van der Waals surface area contributed by atoms with E-state index in [9.17, 15) is 10.1 Å². The summed E-state index contributed by atoms with van der Waals surface area (Å²) < 4.78 is 4.73. The SMILES string of the molecule is CCSc1cccc(N(CC(=O)OC)C(C)C)c1C#N. The van der Waals surface area contributed by atoms with Crippen molar-refractivity contribution in [2.75, 3.05) is 24.3 Å². The minimum absolute atomic E-state index is 0.100. The molecular formula is C15H20N2O2S. The highest BCUT2D eigenvalue weighted by Gasteiger charge is 2.20. The number of rotatable bonds is 6. The number of thioether (sulfide) groups is 1. The van der Waals surface area contributed by atoms with E-state index in [4.69, 9.17) is 4.74 Å². The van der Waals surface area contributed by atoms with Gasteiger partial charge in [-0.25, -0.2) is 0 Å². The Balaban J connectivity index is 3.23. The maximum atomic E-state index is 11.6. The molecule has 0 radical (unpaired) electrons. The number of nitrogens with zero attached hydrogens (tertiary/aromatic N) is 2. The van der Waals surface area contributed by atoms with Crippen molar-refractivity contribution in [3.8, 4) is 6.07 Å². The zero-order chi connectivity index (χ0) is 15.1. The van der Waals surface area contributed by atoms with E-state index < -0.39 is 0 Å². The van der Waals surface area contributed by atoms with Crippen molar-refractivity contribution in [1.29, 1.82) is 5.26 Å². The van der Waals surface area contributed by atoms with Crippen molar-refractivity contribution >= 4 is 23.4 Å². The third-order valence-corrected chi connectivity index (χ3v) is 3.82. The van der Waals surface area contributed by atoms with Crippen molar-refractivity contribution in [2.45, 2.75) is 31.7 Å². The van der Waals surface area contributed by atoms with Crippen LogP contribution in [0.1, 0.15) is 26.3 Å². The van der Waals surface area contributed by atoms with Crippen LogP contribution in [-0.2, 0) is 9.53 Å². The summed E-state index contributed by atoms with van der Waals surface area (Å²) in [5.74, 6) is 0.590. The molecule has 0 aliphatic carbocycles. The van der Waals surface area contributed by atoms with Gasteiger partial charge in [0.05, 0.1) is 18.4 Å². The fraction of sp³-hybridized carbons (Fsp3) is 0.467. The van der Waals surface area contributed by atoms with Crippen LogP contribution in [-0.4, -0.2) is 31.4 Å². The maximum absolute atomic E-state index is 11.6. The second-order valence-electron chi connectivity index (χ2n) is 4.49. The molecule has 0 N–H and O–H groups in total. The molecule has 0 atom stereocenters. The molecular weight excluding hydrogens is 272 g/mol. The van der Waals surface area contributed by atoms with Gasteiger partial charge < -0.3 is 9.64 Å². The molecule has 0 spiro atoms. The van der Waals surface area contributed by atoms with Crippen LogP contribution in [0.3, 0.4) is 0 Å². The van der Waals surface area contributed by atoms with E-state index in [1.165, 1.54) is 7.11 Å². The number of benzene rings is 1. The smallest absolute Gasteiger partial charge is 0.325 e. The van der Waals surface area contributed by atoms with Gasteiger partial charge in [0, 0.05) is 10.9 Å². The van der Waals surface area contributed by atoms with E-state index in [-0.39, 0.29) is 18.6 Å². The summed E-state index contributed by atoms with van der Waals surface area (Å²) in [5.41, 5.74) is 1.41. The van der Waals surface area contributed by atoms with E-state index in [1.807, 2.05) is 43.9 Å². The molecule has 0 unspecified atom stereocenters. The highest BCUT2D eigenvalue weighted by Crippen LogP contribution is 2.31. The first-order chi connectivity index (χ1) is 9.54. The van der Waals surface area contributed by atoms with Crippen LogP contribution < -0.4 is 4.90 Å². The highest BCUT2D eigenvalue weighted by atomic mass is 32.2. The Morgan fingerprint density at radius 1 is 1.50 bits per heavy atom. The second kappa shape index (κ2) is 7.81. The molecule has 0 aromatic heterocycles. The fourth-order valence-electron chi connectivity index (χ4n) is 1.90. The van der Waals surface area contributed by atoms with Crippen molar-refractivity contribution in [2.24, 2.45) is 0 Å². The number of hydrogen-bond acceptors (Lipinski definition) is 5. The monoisotopic (exact) mass is 292 g/mol. The molecule has 0 heterocycles. The summed E-state index contributed by atoms with van der Waals surface area (Å²) in [6.45, 7) is 6.17. The zero-order valence-electron chi connectivity index (χ0n) is 12.3. The summed E-state index contributed by atoms with van der Waals surface area (Å²) in [6, 6.07) is 8.09. The molecule has 0 aliphatic rings. The molecule has 1 rings (SSSR count). The third-order valence-electron chi connectivity index (χ3n) is 2.88. The topological polar surface area (TPSA) is 53.3 Å². The predicted molar refractivity (Wildman–Crippen MR) is 82.1 cm³/mol. The van der Waals surface area contributed by atoms with Crippen LogP contribution >= 0.6 is 11.8 Å². The first-order valence-corrected chi connectivity index (χ1v) is 7.53. The van der Waals surface area contributed by atoms with Crippen LogP contribution in [0.2, 0.25) is 0 Å². The lowest BCUT2D eigenvalue weighted by Gasteiger charge is -2.29. The van der Waals surface area contributed by atoms with Crippen LogP contribution in [0, 0.1) is 11.3 Å². The summed E-state index contributed by atoms with van der Waals surface area (Å²) >= 11 is 1.63. The molecule has 1 aromatic rings. The minimum Gasteiger partial charge on any atom is -0.468 e. The first kappa shape index (κ1) is 16.4. The third kappa shape index (κ3) is 3.91. The van der Waals surface area contributed by atoms with E-state index in [1.54, 1.807) is 11.8 Å². The fourth-order valence-corrected chi connectivity index (χ4v) is 2.68. The largest absolute Gasteiger partial charge is 0.468 e. The Morgan fingerprint density at radius 3 is 2.70 bits per heavy atom. The quantitative estimate of drug-likeness (QED) is 0.596. The standard InChI is InChI=1S/C15H20N2O2S/c1-5-20-14-8-6-7-13(12(14)9-16)17(11(2)3)10-15(18)19-4/h6-8,11H,5,10H2,1-4H3. The molecule has 0 fully saturated rings. The predicted octanol–water partition coefficient (Wildman–Crippen LogP) is 3.06. The molecule has 108 valence electrons. The van der Waals surface area contributed by atoms with E-state index in [0.29, 0.717) is 5.56 Å². The Labute approximate surface area is 124 Å². The molecule has 5 heteroatoms. The molecule has 20 heavy (non-hydrogen) atoms. The number of esters is 1. The zero-order valence-corrected chi connectivity index (χ0v) is 13.2. The van der Waals surface area contributed by atoms with Gasteiger partial charge in [-0.2, -0.15) is 5.26 Å². The number of methoxy groups -OCH3 is 1.